The molecule has 0 saturated heterocycles. The summed E-state index contributed by atoms with van der Waals surface area (Å²) in [4.78, 5) is 28.5. The molecule has 10 aromatic carbocycles. The number of para-hydroxylation sites is 2. The summed E-state index contributed by atoms with van der Waals surface area (Å²) in [5.41, 5.74) is 9.26. The summed E-state index contributed by atoms with van der Waals surface area (Å²) in [6.45, 7) is 7.60. The fourth-order valence-electron chi connectivity index (χ4n) is 9.39. The van der Waals surface area contributed by atoms with Gasteiger partial charge in [-0.15, -0.1) is 0 Å². The fraction of sp³-hybridized carbons (Fsp3) is 0.0548. The number of halogens is 4. The van der Waals surface area contributed by atoms with Crippen molar-refractivity contribution in [2.75, 3.05) is 0 Å². The van der Waals surface area contributed by atoms with E-state index in [1.807, 2.05) is 88.4 Å². The molecule has 9 nitrogen and oxygen atoms in total. The molecule has 0 unspecified atom stereocenters. The molecule has 0 atom stereocenters. The summed E-state index contributed by atoms with van der Waals surface area (Å²) in [6, 6.07) is 93.1. The van der Waals surface area contributed by atoms with Gasteiger partial charge in [-0.25, -0.2) is 10.2 Å². The molecule has 91 heavy (non-hydrogen) atoms. The van der Waals surface area contributed by atoms with Crippen LogP contribution >= 0.6 is 62.4 Å². The van der Waals surface area contributed by atoms with E-state index >= 15 is 0 Å². The molecule has 0 fully saturated rings. The van der Waals surface area contributed by atoms with E-state index in [-0.39, 0.29) is 81.5 Å². The SMILES string of the molecule is Brc1ccc2oc3ccccc3c2c1.Cc1cnc(-c2ccc3oc4ccccc4c3c2)c(C)n1.Cc1cnc(Cl)c(C)n1.O=COO.[Cl][Pd][Cl].[Na].[Na].c1ccc(P(c2ccccc2)c2ccccc2)cc1.c1ccc(P(c2ccccc2)c2ccccc2)cc1. The van der Waals surface area contributed by atoms with Gasteiger partial charge in [0.05, 0.1) is 28.5 Å². The molecule has 0 spiro atoms. The third kappa shape index (κ3) is 21.9. The quantitative estimate of drug-likeness (QED) is 0.0521. The summed E-state index contributed by atoms with van der Waals surface area (Å²) in [7, 11) is 8.74. The normalized spacial score (nSPS) is 10.2. The Labute approximate surface area is 607 Å². The van der Waals surface area contributed by atoms with Crippen LogP contribution in [0.15, 0.2) is 293 Å². The first kappa shape index (κ1) is 74.3. The Bertz CT molecular complexity index is 4140. The Kier molecular flexibility index (Phi) is 32.4. The van der Waals surface area contributed by atoms with E-state index in [1.165, 1.54) is 37.2 Å². The number of aryl methyl sites for hydroxylation is 4. The van der Waals surface area contributed by atoms with Crippen LogP contribution in [0.25, 0.3) is 55.1 Å². The molecule has 1 N–H and O–H groups in total. The van der Waals surface area contributed by atoms with Crippen LogP contribution in [0.4, 0.5) is 0 Å². The second-order valence-electron chi connectivity index (χ2n) is 19.3. The number of rotatable bonds is 8. The predicted molar refractivity (Wildman–Crippen MR) is 385 cm³/mol. The molecule has 0 aliphatic heterocycles. The topological polar surface area (TPSA) is 124 Å². The van der Waals surface area contributed by atoms with Gasteiger partial charge in [-0.1, -0.05) is 246 Å². The van der Waals surface area contributed by atoms with Crippen molar-refractivity contribution in [3.63, 3.8) is 0 Å². The van der Waals surface area contributed by atoms with E-state index in [1.54, 1.807) is 12.4 Å². The van der Waals surface area contributed by atoms with Crippen molar-refractivity contribution in [2.45, 2.75) is 27.7 Å². The number of carbonyl (C=O) groups is 1. The molecular formula is C73H60BrCl3N4Na2O5P2Pd. The average molecular weight is 1470 g/mol. The van der Waals surface area contributed by atoms with Crippen LogP contribution in [0.3, 0.4) is 0 Å². The van der Waals surface area contributed by atoms with Gasteiger partial charge >= 0.3 is 41.5 Å². The van der Waals surface area contributed by atoms with E-state index in [2.05, 4.69) is 247 Å². The summed E-state index contributed by atoms with van der Waals surface area (Å²) < 4.78 is 12.6. The molecule has 14 aromatic rings. The molecule has 14 rings (SSSR count). The zero-order chi connectivity index (χ0) is 62.7. The van der Waals surface area contributed by atoms with Gasteiger partial charge in [0.15, 0.2) is 0 Å². The van der Waals surface area contributed by atoms with Crippen LogP contribution in [-0.2, 0) is 25.6 Å². The minimum absolute atomic E-state index is 0. The first-order valence-corrected chi connectivity index (χ1v) is 35.6. The Morgan fingerprint density at radius 1 is 0.440 bits per heavy atom. The summed E-state index contributed by atoms with van der Waals surface area (Å²) in [5, 5.41) is 20.5. The Hall–Kier alpha value is -5.74. The number of hydrogen-bond acceptors (Lipinski definition) is 9. The first-order valence-electron chi connectivity index (χ1n) is 27.7. The molecule has 452 valence electrons. The summed E-state index contributed by atoms with van der Waals surface area (Å²) in [6.07, 6.45) is 3.45. The predicted octanol–water partition coefficient (Wildman–Crippen LogP) is 17.9. The number of benzene rings is 10. The van der Waals surface area contributed by atoms with Crippen LogP contribution < -0.4 is 31.8 Å². The van der Waals surface area contributed by atoms with Gasteiger partial charge in [0.1, 0.15) is 27.5 Å². The van der Waals surface area contributed by atoms with Crippen LogP contribution in [-0.4, -0.2) is 90.8 Å². The van der Waals surface area contributed by atoms with Gasteiger partial charge < -0.3 is 13.7 Å². The van der Waals surface area contributed by atoms with Crippen LogP contribution in [0.2, 0.25) is 5.15 Å². The maximum atomic E-state index is 8.70. The number of aromatic nitrogens is 4. The number of fused-ring (bicyclic) bond motifs is 6. The van der Waals surface area contributed by atoms with Crippen LogP contribution in [0.1, 0.15) is 22.8 Å². The zero-order valence-electron chi connectivity index (χ0n) is 50.7. The van der Waals surface area contributed by atoms with Crippen molar-refractivity contribution >= 4 is 204 Å². The standard InChI is InChI=1S/C18H14N2O.2C18H15P.C12H7BrO.C6H7ClN2.CH2O3.2ClH.2Na.Pd/c1-11-10-19-18(12(2)20-11)13-7-8-17-15(9-13)14-5-3-4-6-16(14)21-17;2*1-4-10-16(11-5-1)19(17-12-6-2-7-13-17)18-14-8-3-9-15-18;13-8-5-6-12-10(7-8)9-3-1-2-4-11(9)14-12;1-4-3-8-6(7)5(2)9-4;2-1-4-3;;;;;/h3-10H,1-2H3;2*1-15H;1-7H;3H,1-2H3;1,3H;2*1H;;;/q;;;;;;;;;;+2/p-2. The van der Waals surface area contributed by atoms with Crippen LogP contribution in [0.5, 0.6) is 0 Å². The number of furan rings is 2. The fourth-order valence-corrected chi connectivity index (χ4v) is 14.5. The smallest absolute Gasteiger partial charge is 0 e. The molecule has 18 heteroatoms. The van der Waals surface area contributed by atoms with Crippen molar-refractivity contribution in [1.82, 2.24) is 19.9 Å². The Morgan fingerprint density at radius 2 is 0.747 bits per heavy atom. The maximum absolute atomic E-state index is 8.70. The second kappa shape index (κ2) is 39.7. The second-order valence-corrected chi connectivity index (χ2v) is 27.4. The van der Waals surface area contributed by atoms with Crippen molar-refractivity contribution in [1.29, 1.82) is 0 Å². The molecule has 0 aliphatic carbocycles. The van der Waals surface area contributed by atoms with Crippen molar-refractivity contribution in [3.05, 3.63) is 312 Å². The van der Waals surface area contributed by atoms with Crippen LogP contribution in [0, 0.1) is 27.7 Å². The van der Waals surface area contributed by atoms with E-state index < -0.39 is 15.8 Å². The van der Waals surface area contributed by atoms with Gasteiger partial charge in [-0.2, -0.15) is 0 Å². The first-order chi connectivity index (χ1) is 43.5. The molecule has 0 saturated carbocycles. The molecule has 2 radical (unpaired) electrons. The summed E-state index contributed by atoms with van der Waals surface area (Å²) in [5.74, 6) is 0. The largest absolute Gasteiger partial charge is 0.0622 e. The Morgan fingerprint density at radius 3 is 1.09 bits per heavy atom. The van der Waals surface area contributed by atoms with Crippen molar-refractivity contribution in [3.8, 4) is 11.3 Å². The monoisotopic (exact) mass is 1470 g/mol. The summed E-state index contributed by atoms with van der Waals surface area (Å²) >= 11 is 8.96. The average Bonchev–Trinajstić information content (AvgIpc) is 1.80. The third-order valence-electron chi connectivity index (χ3n) is 13.2. The molecule has 4 heterocycles. The maximum Gasteiger partial charge on any atom is 0 e. The van der Waals surface area contributed by atoms with E-state index in [9.17, 15) is 0 Å². The molecule has 0 bridgehead atoms. The molecular weight excluding hydrogens is 1410 g/mol. The Balaban J connectivity index is 0.000000178. The van der Waals surface area contributed by atoms with E-state index in [0.717, 1.165) is 77.0 Å². The minimum atomic E-state index is -0.446. The van der Waals surface area contributed by atoms with Gasteiger partial charge in [-0.05, 0) is 124 Å². The van der Waals surface area contributed by atoms with Crippen molar-refractivity contribution < 1.29 is 39.7 Å². The minimum Gasteiger partial charge on any atom is -0.0622 e. The third-order valence-corrected chi connectivity index (χ3v) is 18.9. The van der Waals surface area contributed by atoms with E-state index in [4.69, 9.17) is 49.5 Å². The van der Waals surface area contributed by atoms with Crippen molar-refractivity contribution in [2.24, 2.45) is 0 Å². The molecule has 0 amide bonds. The van der Waals surface area contributed by atoms with Gasteiger partial charge in [0.25, 0.3) is 0 Å². The molecule has 4 aromatic heterocycles. The zero-order valence-corrected chi connectivity index (χ0v) is 61.9. The van der Waals surface area contributed by atoms with Gasteiger partial charge in [0.2, 0.25) is 0 Å². The molecule has 0 aliphatic rings. The number of carbonyl (C=O) groups excluding carboxylic acids is 1. The number of nitrogens with zero attached hydrogens (tertiary/aromatic N) is 4. The van der Waals surface area contributed by atoms with E-state index in [0.29, 0.717) is 5.15 Å². The van der Waals surface area contributed by atoms with Gasteiger partial charge in [-0.3, -0.25) is 19.7 Å². The number of hydrogen-bond donors (Lipinski definition) is 1. The van der Waals surface area contributed by atoms with Gasteiger partial charge in [0, 0.05) is 103 Å².